The van der Waals surface area contributed by atoms with E-state index in [0.29, 0.717) is 41.6 Å². The summed E-state index contributed by atoms with van der Waals surface area (Å²) in [5, 5.41) is 3.01. The van der Waals surface area contributed by atoms with E-state index in [1.165, 1.54) is 11.8 Å². The number of rotatable bonds is 9. The van der Waals surface area contributed by atoms with Gasteiger partial charge in [0.25, 0.3) is 5.56 Å². The molecule has 0 bridgehead atoms. The molecule has 2 aromatic rings. The van der Waals surface area contributed by atoms with Gasteiger partial charge in [-0.05, 0) is 37.6 Å². The molecule has 1 aromatic heterocycles. The van der Waals surface area contributed by atoms with Crippen molar-refractivity contribution in [3.8, 4) is 11.4 Å². The summed E-state index contributed by atoms with van der Waals surface area (Å²) < 4.78 is 16.3. The van der Waals surface area contributed by atoms with Crippen molar-refractivity contribution in [1.29, 1.82) is 0 Å². The molecule has 8 nitrogen and oxygen atoms in total. The predicted molar refractivity (Wildman–Crippen MR) is 102 cm³/mol. The maximum atomic E-state index is 13.0. The summed E-state index contributed by atoms with van der Waals surface area (Å²) in [5.41, 5.74) is 1.78. The maximum absolute atomic E-state index is 13.0. The Morgan fingerprint density at radius 2 is 1.89 bits per heavy atom. The molecule has 0 saturated heterocycles. The first-order valence-corrected chi connectivity index (χ1v) is 8.57. The van der Waals surface area contributed by atoms with Gasteiger partial charge in [-0.25, -0.2) is 4.68 Å². The molecule has 1 aromatic carbocycles. The van der Waals surface area contributed by atoms with Gasteiger partial charge >= 0.3 is 5.97 Å². The van der Waals surface area contributed by atoms with Crippen LogP contribution >= 0.6 is 0 Å². The Morgan fingerprint density at radius 1 is 1.19 bits per heavy atom. The molecule has 1 heterocycles. The molecule has 0 fully saturated rings. The van der Waals surface area contributed by atoms with Crippen LogP contribution in [0.4, 0.5) is 0 Å². The van der Waals surface area contributed by atoms with Gasteiger partial charge < -0.3 is 14.2 Å². The molecule has 27 heavy (non-hydrogen) atoms. The Morgan fingerprint density at radius 3 is 2.48 bits per heavy atom. The van der Waals surface area contributed by atoms with Gasteiger partial charge in [-0.1, -0.05) is 0 Å². The van der Waals surface area contributed by atoms with Crippen LogP contribution < -0.4 is 10.3 Å². The molecule has 0 radical (unpaired) electrons. The van der Waals surface area contributed by atoms with Crippen LogP contribution in [0.3, 0.4) is 0 Å². The summed E-state index contributed by atoms with van der Waals surface area (Å²) in [7, 11) is 4.52. The third-order valence-corrected chi connectivity index (χ3v) is 4.06. The summed E-state index contributed by atoms with van der Waals surface area (Å²) in [6.07, 6.45) is 0.701. The summed E-state index contributed by atoms with van der Waals surface area (Å²) in [6.45, 7) is 2.88. The number of methoxy groups -OCH3 is 3. The largest absolute Gasteiger partial charge is 0.497 e. The van der Waals surface area contributed by atoms with Gasteiger partial charge in [0.15, 0.2) is 0 Å². The van der Waals surface area contributed by atoms with Gasteiger partial charge in [-0.15, -0.1) is 0 Å². The first-order chi connectivity index (χ1) is 13.0. The first-order valence-electron chi connectivity index (χ1n) is 8.57. The minimum Gasteiger partial charge on any atom is -0.497 e. The summed E-state index contributed by atoms with van der Waals surface area (Å²) >= 11 is 0. The van der Waals surface area contributed by atoms with E-state index in [9.17, 15) is 9.59 Å². The highest BCUT2D eigenvalue weighted by molar-refractivity contribution is 6.00. The molecular formula is C19H25N3O5. The zero-order valence-electron chi connectivity index (χ0n) is 16.1. The number of aromatic nitrogens is 2. The molecule has 1 N–H and O–H groups in total. The number of nitrogens with zero attached hydrogens (tertiary/aromatic N) is 2. The Balaban J connectivity index is 2.44. The van der Waals surface area contributed by atoms with Crippen LogP contribution in [0, 0.1) is 0 Å². The van der Waals surface area contributed by atoms with Crippen LogP contribution in [0.5, 0.6) is 5.75 Å². The highest BCUT2D eigenvalue weighted by Gasteiger charge is 2.20. The number of H-pyrrole nitrogens is 1. The van der Waals surface area contributed by atoms with E-state index in [1.54, 1.807) is 45.4 Å². The third kappa shape index (κ3) is 5.07. The molecule has 2 rings (SSSR count). The highest BCUT2D eigenvalue weighted by atomic mass is 16.5. The van der Waals surface area contributed by atoms with Crippen LogP contribution in [0.2, 0.25) is 0 Å². The van der Waals surface area contributed by atoms with Gasteiger partial charge in [0.05, 0.1) is 37.6 Å². The number of carbonyl (C=O) groups is 1. The molecule has 0 aliphatic carbocycles. The third-order valence-electron chi connectivity index (χ3n) is 4.06. The Labute approximate surface area is 157 Å². The Kier molecular flexibility index (Phi) is 7.36. The average molecular weight is 375 g/mol. The number of aromatic amines is 1. The normalized spacial score (nSPS) is 11.5. The van der Waals surface area contributed by atoms with Crippen LogP contribution in [-0.4, -0.2) is 55.9 Å². The molecule has 0 unspecified atom stereocenters. The molecule has 0 saturated carbocycles. The van der Waals surface area contributed by atoms with Gasteiger partial charge in [-0.3, -0.25) is 19.7 Å². The number of ether oxygens (including phenoxy) is 3. The fourth-order valence-corrected chi connectivity index (χ4v) is 2.65. The zero-order chi connectivity index (χ0) is 19.8. The molecule has 0 aliphatic rings. The maximum Gasteiger partial charge on any atom is 0.311 e. The van der Waals surface area contributed by atoms with E-state index < -0.39 is 5.97 Å². The quantitative estimate of drug-likeness (QED) is 0.409. The minimum atomic E-state index is -0.438. The van der Waals surface area contributed by atoms with Crippen LogP contribution in [0.15, 0.2) is 34.1 Å². The van der Waals surface area contributed by atoms with E-state index in [-0.39, 0.29) is 12.0 Å². The second-order valence-electron chi connectivity index (χ2n) is 5.87. The number of hydrogen-bond donors (Lipinski definition) is 1. The van der Waals surface area contributed by atoms with Crippen molar-refractivity contribution in [3.05, 3.63) is 45.9 Å². The van der Waals surface area contributed by atoms with Crippen LogP contribution in [0.1, 0.15) is 24.6 Å². The van der Waals surface area contributed by atoms with E-state index in [0.717, 1.165) is 6.42 Å². The second-order valence-corrected chi connectivity index (χ2v) is 5.87. The number of nitrogens with one attached hydrogen (secondary N) is 1. The van der Waals surface area contributed by atoms with Crippen molar-refractivity contribution in [3.63, 3.8) is 0 Å². The lowest BCUT2D eigenvalue weighted by Crippen LogP contribution is -2.20. The Bertz CT molecular complexity index is 849. The monoisotopic (exact) mass is 375 g/mol. The second kappa shape index (κ2) is 9.72. The smallest absolute Gasteiger partial charge is 0.311 e. The molecule has 0 amide bonds. The van der Waals surface area contributed by atoms with Crippen molar-refractivity contribution < 1.29 is 19.0 Å². The fourth-order valence-electron chi connectivity index (χ4n) is 2.65. The number of esters is 1. The van der Waals surface area contributed by atoms with Crippen molar-refractivity contribution in [2.45, 2.75) is 19.8 Å². The number of aliphatic imine (C=N–C) groups is 1. The molecule has 0 spiro atoms. The summed E-state index contributed by atoms with van der Waals surface area (Å²) in [5.74, 6) is 0.246. The lowest BCUT2D eigenvalue weighted by atomic mass is 10.1. The molecule has 8 heteroatoms. The van der Waals surface area contributed by atoms with Crippen molar-refractivity contribution in [2.75, 3.05) is 34.5 Å². The first kappa shape index (κ1) is 20.4. The Hall–Kier alpha value is -2.87. The topological polar surface area (TPSA) is 94.9 Å². The van der Waals surface area contributed by atoms with Gasteiger partial charge in [0, 0.05) is 26.0 Å². The van der Waals surface area contributed by atoms with E-state index >= 15 is 0 Å². The summed E-state index contributed by atoms with van der Waals surface area (Å²) in [6, 6.07) is 7.03. The fraction of sp³-hybridized carbons (Fsp3) is 0.421. The number of benzene rings is 1. The lowest BCUT2D eigenvalue weighted by molar-refractivity contribution is -0.139. The van der Waals surface area contributed by atoms with E-state index in [4.69, 9.17) is 14.2 Å². The van der Waals surface area contributed by atoms with Crippen LogP contribution in [0.25, 0.3) is 5.69 Å². The predicted octanol–water partition coefficient (Wildman–Crippen LogP) is 1.74. The zero-order valence-corrected chi connectivity index (χ0v) is 16.1. The SMILES string of the molecule is COCCCN=C(C)c1c(CC(=O)OC)[nH]n(-c2ccc(OC)cc2)c1=O. The van der Waals surface area contributed by atoms with Gasteiger partial charge in [-0.2, -0.15) is 0 Å². The molecule has 0 aliphatic heterocycles. The van der Waals surface area contributed by atoms with E-state index in [2.05, 4.69) is 10.1 Å². The van der Waals surface area contributed by atoms with E-state index in [1.807, 2.05) is 0 Å². The minimum absolute atomic E-state index is 0.0465. The molecular weight excluding hydrogens is 350 g/mol. The van der Waals surface area contributed by atoms with Crippen LogP contribution in [-0.2, 0) is 20.7 Å². The highest BCUT2D eigenvalue weighted by Crippen LogP contribution is 2.15. The lowest BCUT2D eigenvalue weighted by Gasteiger charge is -2.03. The standard InChI is InChI=1S/C19H25N3O5/c1-13(20-10-5-11-25-2)18-16(12-17(23)27-4)21-22(19(18)24)14-6-8-15(26-3)9-7-14/h6-9,21H,5,10-12H2,1-4H3. The number of hydrogen-bond acceptors (Lipinski definition) is 6. The van der Waals surface area contributed by atoms with Crippen molar-refractivity contribution >= 4 is 11.7 Å². The average Bonchev–Trinajstić information content (AvgIpc) is 3.00. The summed E-state index contributed by atoms with van der Waals surface area (Å²) in [4.78, 5) is 29.2. The molecule has 146 valence electrons. The number of carbonyl (C=O) groups excluding carboxylic acids is 1. The van der Waals surface area contributed by atoms with Crippen molar-refractivity contribution in [2.24, 2.45) is 4.99 Å². The molecule has 0 atom stereocenters. The van der Waals surface area contributed by atoms with Gasteiger partial charge in [0.2, 0.25) is 0 Å². The van der Waals surface area contributed by atoms with Gasteiger partial charge in [0.1, 0.15) is 5.75 Å². The van der Waals surface area contributed by atoms with Crippen molar-refractivity contribution in [1.82, 2.24) is 9.78 Å².